The SMILES string of the molecule is CC(C)(C)c1ccc(OCc2nnc(SCC(=O)N3CCCc4ccccc43)n2N)cc1. The van der Waals surface area contributed by atoms with Crippen LogP contribution in [0.25, 0.3) is 0 Å². The van der Waals surface area contributed by atoms with Crippen LogP contribution in [0.15, 0.2) is 53.7 Å². The molecule has 1 aromatic heterocycles. The minimum Gasteiger partial charge on any atom is -0.486 e. The van der Waals surface area contributed by atoms with Gasteiger partial charge in [-0.15, -0.1) is 10.2 Å². The maximum Gasteiger partial charge on any atom is 0.237 e. The topological polar surface area (TPSA) is 86.3 Å². The molecule has 32 heavy (non-hydrogen) atoms. The number of anilines is 1. The van der Waals surface area contributed by atoms with E-state index in [0.717, 1.165) is 30.8 Å². The number of rotatable bonds is 6. The zero-order chi connectivity index (χ0) is 22.7. The number of nitrogens with zero attached hydrogens (tertiary/aromatic N) is 4. The molecule has 2 heterocycles. The number of nitrogens with two attached hydrogens (primary N) is 1. The third kappa shape index (κ3) is 4.91. The van der Waals surface area contributed by atoms with Crippen LogP contribution < -0.4 is 15.5 Å². The Labute approximate surface area is 192 Å². The van der Waals surface area contributed by atoms with Crippen molar-refractivity contribution < 1.29 is 9.53 Å². The molecule has 7 nitrogen and oxygen atoms in total. The molecule has 168 valence electrons. The zero-order valence-corrected chi connectivity index (χ0v) is 19.6. The minimum absolute atomic E-state index is 0.0434. The number of hydrogen-bond donors (Lipinski definition) is 1. The van der Waals surface area contributed by atoms with E-state index in [-0.39, 0.29) is 23.7 Å². The number of fused-ring (bicyclic) bond motifs is 1. The number of amides is 1. The van der Waals surface area contributed by atoms with Crippen molar-refractivity contribution in [3.63, 3.8) is 0 Å². The Balaban J connectivity index is 1.34. The summed E-state index contributed by atoms with van der Waals surface area (Å²) < 4.78 is 7.22. The van der Waals surface area contributed by atoms with E-state index in [1.54, 1.807) is 0 Å². The lowest BCUT2D eigenvalue weighted by Crippen LogP contribution is -2.36. The number of ether oxygens (including phenoxy) is 1. The van der Waals surface area contributed by atoms with Crippen LogP contribution in [0.1, 0.15) is 44.1 Å². The van der Waals surface area contributed by atoms with Crippen LogP contribution in [0.3, 0.4) is 0 Å². The van der Waals surface area contributed by atoms with E-state index in [4.69, 9.17) is 10.6 Å². The van der Waals surface area contributed by atoms with Crippen LogP contribution in [0.2, 0.25) is 0 Å². The summed E-state index contributed by atoms with van der Waals surface area (Å²) in [5.41, 5.74) is 3.56. The molecule has 2 N–H and O–H groups in total. The van der Waals surface area contributed by atoms with E-state index in [1.807, 2.05) is 35.2 Å². The van der Waals surface area contributed by atoms with Gasteiger partial charge in [-0.2, -0.15) is 0 Å². The van der Waals surface area contributed by atoms with Crippen molar-refractivity contribution in [3.05, 3.63) is 65.5 Å². The third-order valence-electron chi connectivity index (χ3n) is 5.56. The summed E-state index contributed by atoms with van der Waals surface area (Å²) in [4.78, 5) is 14.7. The second-order valence-corrected chi connectivity index (χ2v) is 9.84. The average Bonchev–Trinajstić information content (AvgIpc) is 3.14. The Morgan fingerprint density at radius 1 is 1.12 bits per heavy atom. The molecule has 0 radical (unpaired) electrons. The highest BCUT2D eigenvalue weighted by Crippen LogP contribution is 2.28. The van der Waals surface area contributed by atoms with Gasteiger partial charge in [0, 0.05) is 12.2 Å². The second kappa shape index (κ2) is 9.24. The summed E-state index contributed by atoms with van der Waals surface area (Å²) in [7, 11) is 0. The highest BCUT2D eigenvalue weighted by Gasteiger charge is 2.23. The Morgan fingerprint density at radius 2 is 1.88 bits per heavy atom. The smallest absolute Gasteiger partial charge is 0.237 e. The van der Waals surface area contributed by atoms with Crippen LogP contribution in [0.4, 0.5) is 5.69 Å². The quantitative estimate of drug-likeness (QED) is 0.451. The van der Waals surface area contributed by atoms with Gasteiger partial charge in [0.1, 0.15) is 12.4 Å². The van der Waals surface area contributed by atoms with Crippen LogP contribution in [0, 0.1) is 0 Å². The monoisotopic (exact) mass is 451 g/mol. The molecule has 3 aromatic rings. The highest BCUT2D eigenvalue weighted by molar-refractivity contribution is 7.99. The van der Waals surface area contributed by atoms with Crippen LogP contribution in [0.5, 0.6) is 5.75 Å². The van der Waals surface area contributed by atoms with Crippen LogP contribution in [-0.4, -0.2) is 33.1 Å². The Bertz CT molecular complexity index is 1090. The Morgan fingerprint density at radius 3 is 2.62 bits per heavy atom. The molecule has 0 spiro atoms. The standard InChI is InChI=1S/C24H29N5O2S/c1-24(2,3)18-10-12-19(13-11-18)31-15-21-26-27-23(29(21)25)32-16-22(30)28-14-6-8-17-7-4-5-9-20(17)28/h4-5,7,9-13H,6,8,14-16,25H2,1-3H3. The first kappa shape index (κ1) is 22.2. The van der Waals surface area contributed by atoms with E-state index in [9.17, 15) is 4.79 Å². The molecule has 2 aromatic carbocycles. The summed E-state index contributed by atoms with van der Waals surface area (Å²) in [6, 6.07) is 16.1. The van der Waals surface area contributed by atoms with Gasteiger partial charge in [-0.05, 0) is 47.6 Å². The number of carbonyl (C=O) groups is 1. The van der Waals surface area contributed by atoms with Crippen molar-refractivity contribution in [1.82, 2.24) is 14.9 Å². The van der Waals surface area contributed by atoms with Gasteiger partial charge in [-0.3, -0.25) is 4.79 Å². The maximum absolute atomic E-state index is 12.8. The number of carbonyl (C=O) groups excluding carboxylic acids is 1. The van der Waals surface area contributed by atoms with Crippen molar-refractivity contribution in [1.29, 1.82) is 0 Å². The summed E-state index contributed by atoms with van der Waals surface area (Å²) in [5.74, 6) is 7.70. The molecule has 4 rings (SSSR count). The van der Waals surface area contributed by atoms with Crippen molar-refractivity contribution >= 4 is 23.4 Å². The van der Waals surface area contributed by atoms with Crippen molar-refractivity contribution in [2.24, 2.45) is 0 Å². The van der Waals surface area contributed by atoms with Crippen molar-refractivity contribution in [2.75, 3.05) is 23.0 Å². The normalized spacial score (nSPS) is 13.7. The molecule has 0 unspecified atom stereocenters. The van der Waals surface area contributed by atoms with Gasteiger partial charge in [0.05, 0.1) is 5.75 Å². The lowest BCUT2D eigenvalue weighted by atomic mass is 9.87. The number of benzene rings is 2. The van der Waals surface area contributed by atoms with Gasteiger partial charge in [-0.25, -0.2) is 4.68 Å². The fourth-order valence-electron chi connectivity index (χ4n) is 3.70. The van der Waals surface area contributed by atoms with Gasteiger partial charge < -0.3 is 15.5 Å². The molecule has 1 amide bonds. The van der Waals surface area contributed by atoms with Gasteiger partial charge in [0.15, 0.2) is 5.82 Å². The molecule has 8 heteroatoms. The number of hydrogen-bond acceptors (Lipinski definition) is 6. The molecule has 0 saturated carbocycles. The van der Waals surface area contributed by atoms with Crippen molar-refractivity contribution in [3.8, 4) is 5.75 Å². The fourth-order valence-corrected chi connectivity index (χ4v) is 4.45. The largest absolute Gasteiger partial charge is 0.486 e. The maximum atomic E-state index is 12.8. The van der Waals surface area contributed by atoms with E-state index in [0.29, 0.717) is 11.0 Å². The van der Waals surface area contributed by atoms with E-state index < -0.39 is 0 Å². The summed E-state index contributed by atoms with van der Waals surface area (Å²) >= 11 is 1.29. The van der Waals surface area contributed by atoms with Gasteiger partial charge in [-0.1, -0.05) is 62.9 Å². The number of para-hydroxylation sites is 1. The number of thioether (sulfide) groups is 1. The first-order valence-corrected chi connectivity index (χ1v) is 11.8. The lowest BCUT2D eigenvalue weighted by molar-refractivity contribution is -0.116. The predicted octanol–water partition coefficient (Wildman–Crippen LogP) is 3.94. The summed E-state index contributed by atoms with van der Waals surface area (Å²) in [6.07, 6.45) is 1.98. The molecular weight excluding hydrogens is 422 g/mol. The highest BCUT2D eigenvalue weighted by atomic mass is 32.2. The van der Waals surface area contributed by atoms with E-state index in [1.165, 1.54) is 27.6 Å². The number of aryl methyl sites for hydroxylation is 1. The average molecular weight is 452 g/mol. The molecule has 1 aliphatic rings. The molecule has 0 saturated heterocycles. The first-order chi connectivity index (χ1) is 15.3. The van der Waals surface area contributed by atoms with Crippen LogP contribution in [-0.2, 0) is 23.2 Å². The van der Waals surface area contributed by atoms with Crippen LogP contribution >= 0.6 is 11.8 Å². The minimum atomic E-state index is 0.0434. The second-order valence-electron chi connectivity index (χ2n) is 8.90. The first-order valence-electron chi connectivity index (χ1n) is 10.8. The predicted molar refractivity (Wildman–Crippen MR) is 127 cm³/mol. The number of aromatic nitrogens is 3. The Hall–Kier alpha value is -3.00. The fraction of sp³-hybridized carbons (Fsp3) is 0.375. The van der Waals surface area contributed by atoms with Crippen molar-refractivity contribution in [2.45, 2.75) is 50.8 Å². The molecular formula is C24H29N5O2S. The lowest BCUT2D eigenvalue weighted by Gasteiger charge is -2.29. The molecule has 0 aliphatic carbocycles. The summed E-state index contributed by atoms with van der Waals surface area (Å²) in [5, 5.41) is 8.76. The molecule has 1 aliphatic heterocycles. The molecule has 0 bridgehead atoms. The van der Waals surface area contributed by atoms with Gasteiger partial charge in [0.25, 0.3) is 0 Å². The number of nitrogen functional groups attached to an aromatic ring is 1. The van der Waals surface area contributed by atoms with Gasteiger partial charge >= 0.3 is 0 Å². The van der Waals surface area contributed by atoms with E-state index >= 15 is 0 Å². The third-order valence-corrected chi connectivity index (χ3v) is 6.49. The summed E-state index contributed by atoms with van der Waals surface area (Å²) in [6.45, 7) is 7.46. The molecule has 0 atom stereocenters. The Kier molecular flexibility index (Phi) is 6.41. The molecule has 0 fully saturated rings. The zero-order valence-electron chi connectivity index (χ0n) is 18.7. The van der Waals surface area contributed by atoms with E-state index in [2.05, 4.69) is 49.2 Å². The van der Waals surface area contributed by atoms with Gasteiger partial charge in [0.2, 0.25) is 11.1 Å².